The van der Waals surface area contributed by atoms with Crippen molar-refractivity contribution in [2.45, 2.75) is 179 Å². The molecule has 88 heavy (non-hydrogen) atoms. The van der Waals surface area contributed by atoms with Crippen molar-refractivity contribution in [3.63, 3.8) is 0 Å². The van der Waals surface area contributed by atoms with Crippen molar-refractivity contribution in [2.75, 3.05) is 14.7 Å². The summed E-state index contributed by atoms with van der Waals surface area (Å²) in [6.07, 6.45) is 9.20. The molecule has 6 aliphatic rings. The molecule has 6 heteroatoms. The Morgan fingerprint density at radius 3 is 1.57 bits per heavy atom. The highest BCUT2D eigenvalue weighted by atomic mass is 32.1. The Morgan fingerprint density at radius 1 is 0.420 bits per heavy atom. The first-order valence-corrected chi connectivity index (χ1v) is 33.8. The highest BCUT2D eigenvalue weighted by molar-refractivity contribution is 7.26. The first-order valence-electron chi connectivity index (χ1n) is 33.0. The third-order valence-corrected chi connectivity index (χ3v) is 24.8. The van der Waals surface area contributed by atoms with Crippen molar-refractivity contribution >= 4 is 122 Å². The minimum absolute atomic E-state index is 0.00832. The number of anilines is 8. The summed E-state index contributed by atoms with van der Waals surface area (Å²) in [6.45, 7) is 32.2. The fourth-order valence-electron chi connectivity index (χ4n) is 18.1. The molecule has 440 valence electrons. The molecule has 5 heterocycles. The molecule has 11 aromatic rings. The van der Waals surface area contributed by atoms with Crippen LogP contribution in [0.2, 0.25) is 0 Å². The minimum atomic E-state index is -0.231. The van der Waals surface area contributed by atoms with Crippen molar-refractivity contribution in [3.8, 4) is 11.1 Å². The van der Waals surface area contributed by atoms with E-state index in [2.05, 4.69) is 269 Å². The van der Waals surface area contributed by atoms with E-state index in [0.717, 1.165) is 66.2 Å². The molecule has 3 aliphatic carbocycles. The zero-order chi connectivity index (χ0) is 60.6. The minimum Gasteiger partial charge on any atom is -0.456 e. The number of para-hydroxylation sites is 1. The molecule has 2 atom stereocenters. The molecule has 1 fully saturated rings. The summed E-state index contributed by atoms with van der Waals surface area (Å²) in [5, 5.41) is 4.94. The van der Waals surface area contributed by atoms with Gasteiger partial charge in [-0.2, -0.15) is 0 Å². The molecular weight excluding hydrogens is 1090 g/mol. The van der Waals surface area contributed by atoms with Crippen LogP contribution in [-0.4, -0.2) is 12.3 Å². The van der Waals surface area contributed by atoms with Crippen LogP contribution in [0.25, 0.3) is 53.2 Å². The fourth-order valence-corrected chi connectivity index (χ4v) is 19.2. The Morgan fingerprint density at radius 2 is 0.943 bits per heavy atom. The van der Waals surface area contributed by atoms with Crippen LogP contribution in [0.5, 0.6) is 0 Å². The maximum atomic E-state index is 6.91. The summed E-state index contributed by atoms with van der Waals surface area (Å²) >= 11 is 1.92. The molecule has 0 saturated heterocycles. The number of hydrogen-bond donors (Lipinski definition) is 0. The van der Waals surface area contributed by atoms with Gasteiger partial charge in [0.05, 0.1) is 22.3 Å². The lowest BCUT2D eigenvalue weighted by Crippen LogP contribution is -2.62. The number of nitrogens with zero attached hydrogens (tertiary/aromatic N) is 3. The van der Waals surface area contributed by atoms with Gasteiger partial charge in [0, 0.05) is 65.1 Å². The SMILES string of the molecule is CC(C)(C)c1ccc(-c2ccc3c(c2)C2(C)CCCCC2(C)N3c2cc3c4c(c2)N(c2cccc5sc6ccccc6c25)c2cc5c(cc2B4c2cc4c(cc2N3c2cccc3oc6ccccc6c23)C(C)(C)CCC4(C)C)C(C)(C)CCC5(C)C)cc1. The van der Waals surface area contributed by atoms with E-state index < -0.39 is 0 Å². The Hall–Kier alpha value is -7.54. The predicted octanol–water partition coefficient (Wildman–Crippen LogP) is 21.4. The van der Waals surface area contributed by atoms with E-state index in [-0.39, 0.29) is 44.7 Å². The van der Waals surface area contributed by atoms with E-state index in [0.29, 0.717) is 0 Å². The van der Waals surface area contributed by atoms with Crippen molar-refractivity contribution < 1.29 is 4.42 Å². The molecule has 3 aliphatic heterocycles. The van der Waals surface area contributed by atoms with Gasteiger partial charge in [-0.3, -0.25) is 0 Å². The summed E-state index contributed by atoms with van der Waals surface area (Å²) in [6, 6.07) is 65.1. The highest BCUT2D eigenvalue weighted by Crippen LogP contribution is 2.63. The average Bonchev–Trinajstić information content (AvgIpc) is 1.06. The van der Waals surface area contributed by atoms with E-state index in [1.54, 1.807) is 0 Å². The molecule has 0 amide bonds. The molecule has 17 rings (SSSR count). The molecular formula is C82H82BN3OS. The van der Waals surface area contributed by atoms with Crippen molar-refractivity contribution in [1.29, 1.82) is 0 Å². The van der Waals surface area contributed by atoms with Gasteiger partial charge in [-0.15, -0.1) is 11.3 Å². The number of thiophene rings is 1. The van der Waals surface area contributed by atoms with Gasteiger partial charge < -0.3 is 19.1 Å². The number of benzene rings is 9. The summed E-state index contributed by atoms with van der Waals surface area (Å²) in [4.78, 5) is 8.40. The molecule has 9 aromatic carbocycles. The van der Waals surface area contributed by atoms with Crippen molar-refractivity contribution in [1.82, 2.24) is 0 Å². The fraction of sp³-hybridized carbons (Fsp3) is 0.341. The van der Waals surface area contributed by atoms with Gasteiger partial charge in [0.1, 0.15) is 11.2 Å². The first-order chi connectivity index (χ1) is 42.0. The standard InChI is InChI=1S/C82H82BN3OS/c1-76(2,3)51-33-30-49(31-34-51)50-32-35-62-59(42-50)81(12)36-18-19-37-82(81,13)86(62)52-43-67-75-68(44-52)85(64-25-21-29-72-74(64)54-23-15-17-28-71(54)88-72)66-48-58-56(78(6,7)39-41-80(58,10)11)46-61(66)83(75)60-45-55-57(79(8,9)40-38-77(55,4)5)47-65(60)84(67)63-24-20-27-70-73(63)53-22-14-16-26-69(53)87-70/h14-17,20-35,42-48H,18-19,36-41H2,1-13H3. The summed E-state index contributed by atoms with van der Waals surface area (Å²) in [5.74, 6) is 0. The van der Waals surface area contributed by atoms with E-state index >= 15 is 0 Å². The van der Waals surface area contributed by atoms with E-state index in [9.17, 15) is 0 Å². The topological polar surface area (TPSA) is 22.9 Å². The van der Waals surface area contributed by atoms with E-state index in [1.807, 2.05) is 11.3 Å². The van der Waals surface area contributed by atoms with Crippen LogP contribution in [0.3, 0.4) is 0 Å². The molecule has 0 spiro atoms. The van der Waals surface area contributed by atoms with Crippen LogP contribution in [0.4, 0.5) is 45.5 Å². The van der Waals surface area contributed by atoms with Crippen LogP contribution in [0.1, 0.15) is 175 Å². The number of rotatable bonds is 4. The quantitative estimate of drug-likeness (QED) is 0.164. The van der Waals surface area contributed by atoms with Crippen LogP contribution >= 0.6 is 11.3 Å². The normalized spacial score (nSPS) is 21.7. The Kier molecular flexibility index (Phi) is 11.2. The van der Waals surface area contributed by atoms with Crippen LogP contribution in [0, 0.1) is 0 Å². The number of furan rings is 1. The number of fused-ring (bicyclic) bond motifs is 15. The summed E-state index contributed by atoms with van der Waals surface area (Å²) in [5.41, 5.74) is 27.1. The molecule has 0 bridgehead atoms. The second-order valence-corrected chi connectivity index (χ2v) is 32.7. The second-order valence-electron chi connectivity index (χ2n) is 31.7. The third-order valence-electron chi connectivity index (χ3n) is 23.7. The van der Waals surface area contributed by atoms with Gasteiger partial charge in [-0.25, -0.2) is 0 Å². The van der Waals surface area contributed by atoms with E-state index in [4.69, 9.17) is 4.42 Å². The molecule has 2 aromatic heterocycles. The lowest BCUT2D eigenvalue weighted by molar-refractivity contribution is 0.195. The Bertz CT molecular complexity index is 4590. The highest BCUT2D eigenvalue weighted by Gasteiger charge is 2.59. The maximum absolute atomic E-state index is 6.91. The Labute approximate surface area is 525 Å². The average molecular weight is 1170 g/mol. The zero-order valence-electron chi connectivity index (χ0n) is 54.0. The largest absolute Gasteiger partial charge is 0.456 e. The molecule has 1 saturated carbocycles. The van der Waals surface area contributed by atoms with Crippen molar-refractivity contribution in [2.24, 2.45) is 0 Å². The molecule has 2 unspecified atom stereocenters. The van der Waals surface area contributed by atoms with Crippen molar-refractivity contribution in [3.05, 3.63) is 197 Å². The second kappa shape index (κ2) is 18.1. The summed E-state index contributed by atoms with van der Waals surface area (Å²) in [7, 11) is 0. The van der Waals surface area contributed by atoms with Gasteiger partial charge in [0.25, 0.3) is 6.71 Å². The Balaban J connectivity index is 1.03. The number of hydrogen-bond acceptors (Lipinski definition) is 5. The lowest BCUT2D eigenvalue weighted by Gasteiger charge is -2.51. The zero-order valence-corrected chi connectivity index (χ0v) is 54.8. The van der Waals surface area contributed by atoms with Gasteiger partial charge >= 0.3 is 0 Å². The molecule has 4 nitrogen and oxygen atoms in total. The lowest BCUT2D eigenvalue weighted by atomic mass is 9.32. The maximum Gasteiger partial charge on any atom is 0.252 e. The van der Waals surface area contributed by atoms with Gasteiger partial charge in [-0.1, -0.05) is 187 Å². The first kappa shape index (κ1) is 54.6. The van der Waals surface area contributed by atoms with Crippen LogP contribution < -0.4 is 31.1 Å². The van der Waals surface area contributed by atoms with Crippen LogP contribution in [0.15, 0.2) is 168 Å². The monoisotopic (exact) mass is 1170 g/mol. The third kappa shape index (κ3) is 7.45. The van der Waals surface area contributed by atoms with Gasteiger partial charge in [-0.05, 0) is 206 Å². The smallest absolute Gasteiger partial charge is 0.252 e. The molecule has 0 radical (unpaired) electrons. The summed E-state index contributed by atoms with van der Waals surface area (Å²) < 4.78 is 9.55. The van der Waals surface area contributed by atoms with Gasteiger partial charge in [0.2, 0.25) is 0 Å². The predicted molar refractivity (Wildman–Crippen MR) is 378 cm³/mol. The van der Waals surface area contributed by atoms with E-state index in [1.165, 1.54) is 134 Å². The van der Waals surface area contributed by atoms with Gasteiger partial charge in [0.15, 0.2) is 0 Å². The van der Waals surface area contributed by atoms with Crippen LogP contribution in [-0.2, 0) is 32.5 Å². The molecule has 0 N–H and O–H groups in total.